The summed E-state index contributed by atoms with van der Waals surface area (Å²) < 4.78 is 43.9. The lowest BCUT2D eigenvalue weighted by Gasteiger charge is -2.10. The van der Waals surface area contributed by atoms with Crippen LogP contribution in [0.4, 0.5) is 34.1 Å². The summed E-state index contributed by atoms with van der Waals surface area (Å²) in [6.07, 6.45) is -6.74. The van der Waals surface area contributed by atoms with Gasteiger partial charge in [0, 0.05) is 24.3 Å². The molecule has 0 fully saturated rings. The van der Waals surface area contributed by atoms with Gasteiger partial charge < -0.3 is 20.1 Å². The molecule has 0 bridgehead atoms. The number of methoxy groups -OCH3 is 1. The summed E-state index contributed by atoms with van der Waals surface area (Å²) in [4.78, 5) is 33.8. The number of rotatable bonds is 6. The second-order valence-electron chi connectivity index (χ2n) is 4.61. The van der Waals surface area contributed by atoms with Crippen molar-refractivity contribution in [1.82, 2.24) is 5.32 Å². The Bertz CT molecular complexity index is 622. The van der Waals surface area contributed by atoms with Crippen molar-refractivity contribution in [2.75, 3.05) is 30.9 Å². The number of amides is 3. The highest BCUT2D eigenvalue weighted by Gasteiger charge is 2.29. The third-order valence-electron chi connectivity index (χ3n) is 2.57. The van der Waals surface area contributed by atoms with Gasteiger partial charge in [0.1, 0.15) is 0 Å². The molecule has 0 aliphatic rings. The van der Waals surface area contributed by atoms with Gasteiger partial charge in [-0.2, -0.15) is 13.2 Å². The Morgan fingerprint density at radius 3 is 2.32 bits per heavy atom. The van der Waals surface area contributed by atoms with E-state index in [-0.39, 0.29) is 13.0 Å². The molecule has 11 heteroatoms. The van der Waals surface area contributed by atoms with Crippen molar-refractivity contribution < 1.29 is 37.0 Å². The molecule has 0 saturated carbocycles. The lowest BCUT2D eigenvalue weighted by molar-refractivity contribution is -0.160. The van der Waals surface area contributed by atoms with E-state index in [4.69, 9.17) is 0 Å². The van der Waals surface area contributed by atoms with Gasteiger partial charge in [0.2, 0.25) is 5.91 Å². The van der Waals surface area contributed by atoms with Crippen LogP contribution in [0.2, 0.25) is 0 Å². The topological polar surface area (TPSA) is 106 Å². The third-order valence-corrected chi connectivity index (χ3v) is 2.57. The number of alkyl halides is 3. The third kappa shape index (κ3) is 9.03. The van der Waals surface area contributed by atoms with Gasteiger partial charge in [0.15, 0.2) is 6.61 Å². The van der Waals surface area contributed by atoms with Gasteiger partial charge in [0.05, 0.1) is 7.11 Å². The zero-order chi connectivity index (χ0) is 18.9. The van der Waals surface area contributed by atoms with Crippen molar-refractivity contribution in [2.24, 2.45) is 0 Å². The van der Waals surface area contributed by atoms with E-state index in [1.165, 1.54) is 13.2 Å². The summed E-state index contributed by atoms with van der Waals surface area (Å²) in [7, 11) is 1.20. The van der Waals surface area contributed by atoms with Gasteiger partial charge in [0.25, 0.3) is 0 Å². The van der Waals surface area contributed by atoms with E-state index >= 15 is 0 Å². The van der Waals surface area contributed by atoms with Crippen LogP contribution in [0.3, 0.4) is 0 Å². The van der Waals surface area contributed by atoms with Crippen molar-refractivity contribution in [3.63, 3.8) is 0 Å². The van der Waals surface area contributed by atoms with Crippen LogP contribution in [0.1, 0.15) is 6.42 Å². The molecule has 0 unspecified atom stereocenters. The summed E-state index contributed by atoms with van der Waals surface area (Å²) >= 11 is 0. The molecule has 0 radical (unpaired) electrons. The SMILES string of the molecule is COC(=O)Nc1cccc(NC(=O)CCNC(=O)OCC(F)(F)F)c1. The van der Waals surface area contributed by atoms with Gasteiger partial charge in [-0.1, -0.05) is 6.07 Å². The Kier molecular flexibility index (Phi) is 7.50. The number of carbonyl (C=O) groups is 3. The number of anilines is 2. The normalized spacial score (nSPS) is 10.6. The predicted molar refractivity (Wildman–Crippen MR) is 81.1 cm³/mol. The molecule has 3 amide bonds. The molecule has 0 saturated heterocycles. The first-order chi connectivity index (χ1) is 11.7. The lowest BCUT2D eigenvalue weighted by atomic mass is 10.2. The largest absolute Gasteiger partial charge is 0.453 e. The summed E-state index contributed by atoms with van der Waals surface area (Å²) in [6.45, 7) is -1.91. The van der Waals surface area contributed by atoms with E-state index in [0.29, 0.717) is 11.4 Å². The lowest BCUT2D eigenvalue weighted by Crippen LogP contribution is -2.31. The number of carbonyl (C=O) groups excluding carboxylic acids is 3. The fraction of sp³-hybridized carbons (Fsp3) is 0.357. The maximum Gasteiger partial charge on any atom is 0.422 e. The molecule has 0 atom stereocenters. The van der Waals surface area contributed by atoms with Gasteiger partial charge in [-0.3, -0.25) is 10.1 Å². The Morgan fingerprint density at radius 2 is 1.72 bits per heavy atom. The predicted octanol–water partition coefficient (Wildman–Crippen LogP) is 2.48. The fourth-order valence-electron chi connectivity index (χ4n) is 1.54. The molecule has 0 spiro atoms. The molecule has 0 heterocycles. The second-order valence-corrected chi connectivity index (χ2v) is 4.61. The molecule has 0 aromatic heterocycles. The van der Waals surface area contributed by atoms with E-state index in [1.54, 1.807) is 18.2 Å². The quantitative estimate of drug-likeness (QED) is 0.720. The van der Waals surface area contributed by atoms with Crippen LogP contribution in [-0.2, 0) is 14.3 Å². The highest BCUT2D eigenvalue weighted by Crippen LogP contribution is 2.16. The fourth-order valence-corrected chi connectivity index (χ4v) is 1.54. The summed E-state index contributed by atoms with van der Waals surface area (Å²) in [5.41, 5.74) is 0.761. The minimum absolute atomic E-state index is 0.185. The molecule has 3 N–H and O–H groups in total. The molecular weight excluding hydrogens is 347 g/mol. The van der Waals surface area contributed by atoms with Crippen molar-refractivity contribution in [1.29, 1.82) is 0 Å². The van der Waals surface area contributed by atoms with E-state index in [0.717, 1.165) is 0 Å². The summed E-state index contributed by atoms with van der Waals surface area (Å²) in [5.74, 6) is -0.494. The highest BCUT2D eigenvalue weighted by atomic mass is 19.4. The standard InChI is InChI=1S/C14H16F3N3O5/c1-24-13(23)20-10-4-2-3-9(7-10)19-11(21)5-6-18-12(22)25-8-14(15,16)17/h2-4,7H,5-6,8H2,1H3,(H,18,22)(H,19,21)(H,20,23). The van der Waals surface area contributed by atoms with Crippen LogP contribution >= 0.6 is 0 Å². The van der Waals surface area contributed by atoms with Crippen molar-refractivity contribution in [3.8, 4) is 0 Å². The van der Waals surface area contributed by atoms with Gasteiger partial charge >= 0.3 is 18.4 Å². The van der Waals surface area contributed by atoms with Crippen LogP contribution in [0.25, 0.3) is 0 Å². The maximum atomic E-state index is 11.8. The number of hydrogen-bond donors (Lipinski definition) is 3. The number of benzene rings is 1. The van der Waals surface area contributed by atoms with E-state index < -0.39 is 30.9 Å². The average molecular weight is 363 g/mol. The minimum atomic E-state index is -4.61. The molecule has 8 nitrogen and oxygen atoms in total. The molecule has 1 aromatic carbocycles. The smallest absolute Gasteiger partial charge is 0.422 e. The van der Waals surface area contributed by atoms with Crippen LogP contribution < -0.4 is 16.0 Å². The van der Waals surface area contributed by atoms with Crippen molar-refractivity contribution >= 4 is 29.5 Å². The Morgan fingerprint density at radius 1 is 1.08 bits per heavy atom. The molecule has 0 aliphatic heterocycles. The highest BCUT2D eigenvalue weighted by molar-refractivity contribution is 5.92. The van der Waals surface area contributed by atoms with Crippen molar-refractivity contribution in [3.05, 3.63) is 24.3 Å². The number of nitrogens with one attached hydrogen (secondary N) is 3. The van der Waals surface area contributed by atoms with Crippen LogP contribution in [0, 0.1) is 0 Å². The van der Waals surface area contributed by atoms with Crippen molar-refractivity contribution in [2.45, 2.75) is 12.6 Å². The molecule has 25 heavy (non-hydrogen) atoms. The number of alkyl carbamates (subject to hydrolysis) is 1. The van der Waals surface area contributed by atoms with Crippen LogP contribution in [-0.4, -0.2) is 44.5 Å². The first-order valence-electron chi connectivity index (χ1n) is 6.92. The molecule has 0 aliphatic carbocycles. The zero-order valence-electron chi connectivity index (χ0n) is 13.1. The Balaban J connectivity index is 2.36. The van der Waals surface area contributed by atoms with Gasteiger partial charge in [-0.05, 0) is 18.2 Å². The molecule has 138 valence electrons. The first kappa shape index (κ1) is 20.1. The van der Waals surface area contributed by atoms with E-state index in [9.17, 15) is 27.6 Å². The Labute approximate surface area is 140 Å². The molecular formula is C14H16F3N3O5. The van der Waals surface area contributed by atoms with Crippen LogP contribution in [0.15, 0.2) is 24.3 Å². The number of hydrogen-bond acceptors (Lipinski definition) is 5. The number of ether oxygens (including phenoxy) is 2. The maximum absolute atomic E-state index is 11.8. The van der Waals surface area contributed by atoms with E-state index in [1.807, 2.05) is 5.32 Å². The summed E-state index contributed by atoms with van der Waals surface area (Å²) in [5, 5.41) is 6.93. The van der Waals surface area contributed by atoms with Gasteiger partial charge in [-0.25, -0.2) is 9.59 Å². The second kappa shape index (κ2) is 9.35. The Hall–Kier alpha value is -2.98. The van der Waals surface area contributed by atoms with Crippen LogP contribution in [0.5, 0.6) is 0 Å². The molecule has 1 rings (SSSR count). The molecule has 1 aromatic rings. The first-order valence-corrected chi connectivity index (χ1v) is 6.92. The average Bonchev–Trinajstić information content (AvgIpc) is 2.52. The van der Waals surface area contributed by atoms with E-state index in [2.05, 4.69) is 20.1 Å². The monoisotopic (exact) mass is 363 g/mol. The minimum Gasteiger partial charge on any atom is -0.453 e. The zero-order valence-corrected chi connectivity index (χ0v) is 13.1. The van der Waals surface area contributed by atoms with Gasteiger partial charge in [-0.15, -0.1) is 0 Å². The summed E-state index contributed by atoms with van der Waals surface area (Å²) in [6, 6.07) is 6.18. The number of halogens is 3.